The van der Waals surface area contributed by atoms with Crippen molar-refractivity contribution >= 4 is 24.9 Å². The molecule has 1 aliphatic rings. The number of hydrogen-bond donors (Lipinski definition) is 2. The smallest absolute Gasteiger partial charge is 0.251 e. The van der Waals surface area contributed by atoms with E-state index in [2.05, 4.69) is 35.0 Å². The molecule has 0 saturated heterocycles. The predicted octanol–water partition coefficient (Wildman–Crippen LogP) is 5.47. The maximum atomic E-state index is 12.8. The number of fused-ring (bicyclic) bond motifs is 1. The van der Waals surface area contributed by atoms with Gasteiger partial charge in [0.25, 0.3) is 5.91 Å². The summed E-state index contributed by atoms with van der Waals surface area (Å²) in [6, 6.07) is 10.8. The Morgan fingerprint density at radius 1 is 1.14 bits per heavy atom. The number of carbonyl (C=O) groups excluding carboxylic acids is 1. The number of nitrogens with one attached hydrogen (secondary N) is 1. The second kappa shape index (κ2) is 10.8. The van der Waals surface area contributed by atoms with E-state index in [1.807, 2.05) is 55.1 Å². The van der Waals surface area contributed by atoms with E-state index in [1.54, 1.807) is 6.20 Å². The summed E-state index contributed by atoms with van der Waals surface area (Å²) < 4.78 is 7.68. The third-order valence-corrected chi connectivity index (χ3v) is 8.89. The number of carbonyl (C=O) groups is 1. The number of aromatic nitrogens is 3. The number of pyridine rings is 1. The zero-order chi connectivity index (χ0) is 25.9. The molecule has 1 aromatic carbocycles. The number of rotatable bonds is 9. The highest BCUT2D eigenvalue weighted by Gasteiger charge is 2.31. The monoisotopic (exact) mass is 508 g/mol. The second-order valence-electron chi connectivity index (χ2n) is 11.9. The lowest BCUT2D eigenvalue weighted by atomic mass is 9.77. The molecule has 0 bridgehead atoms. The molecule has 2 aromatic heterocycles. The molecule has 1 fully saturated rings. The lowest BCUT2D eigenvalue weighted by Crippen LogP contribution is -2.41. The van der Waals surface area contributed by atoms with Gasteiger partial charge < -0.3 is 15.2 Å². The molecule has 4 rings (SSSR count). The zero-order valence-electron chi connectivity index (χ0n) is 22.3. The average Bonchev–Trinajstić information content (AvgIpc) is 3.24. The van der Waals surface area contributed by atoms with Gasteiger partial charge in [0.15, 0.2) is 0 Å². The van der Waals surface area contributed by atoms with E-state index in [9.17, 15) is 9.90 Å². The predicted molar refractivity (Wildman–Crippen MR) is 147 cm³/mol. The maximum absolute atomic E-state index is 12.8. The highest BCUT2D eigenvalue weighted by atomic mass is 28.3. The SMILES string of the molecule is CC(C)(O)C1CCC(NC(=O)c2ccc(-c3nccc4nn(COCC[Si](C)(C)C)cc34)cc2)CC1. The summed E-state index contributed by atoms with van der Waals surface area (Å²) in [5.74, 6) is 0.240. The molecule has 0 aliphatic heterocycles. The molecule has 36 heavy (non-hydrogen) atoms. The molecule has 0 radical (unpaired) electrons. The van der Waals surface area contributed by atoms with E-state index < -0.39 is 13.7 Å². The number of amides is 1. The Bertz CT molecular complexity index is 1170. The fourth-order valence-corrected chi connectivity index (χ4v) is 5.58. The minimum atomic E-state index is -1.12. The third kappa shape index (κ3) is 6.81. The van der Waals surface area contributed by atoms with Crippen LogP contribution in [0.1, 0.15) is 49.9 Å². The van der Waals surface area contributed by atoms with Gasteiger partial charge in [-0.2, -0.15) is 5.10 Å². The largest absolute Gasteiger partial charge is 0.390 e. The number of ether oxygens (including phenoxy) is 1. The number of hydrogen-bond acceptors (Lipinski definition) is 5. The topological polar surface area (TPSA) is 89.3 Å². The van der Waals surface area contributed by atoms with Crippen LogP contribution in [0.15, 0.2) is 42.7 Å². The van der Waals surface area contributed by atoms with Gasteiger partial charge in [0.2, 0.25) is 0 Å². The quantitative estimate of drug-likeness (QED) is 0.295. The molecule has 2 N–H and O–H groups in total. The van der Waals surface area contributed by atoms with Crippen molar-refractivity contribution in [1.29, 1.82) is 0 Å². The molecule has 1 amide bonds. The molecular weight excluding hydrogens is 468 g/mol. The lowest BCUT2D eigenvalue weighted by molar-refractivity contribution is -0.00257. The Labute approximate surface area is 215 Å². The lowest BCUT2D eigenvalue weighted by Gasteiger charge is -2.36. The summed E-state index contributed by atoms with van der Waals surface area (Å²) >= 11 is 0. The Kier molecular flexibility index (Phi) is 7.97. The van der Waals surface area contributed by atoms with Gasteiger partial charge in [-0.05, 0) is 69.7 Å². The normalized spacial score (nSPS) is 18.9. The molecule has 1 saturated carbocycles. The molecule has 0 unspecified atom stereocenters. The van der Waals surface area contributed by atoms with Crippen LogP contribution < -0.4 is 5.32 Å². The van der Waals surface area contributed by atoms with E-state index in [-0.39, 0.29) is 11.9 Å². The van der Waals surface area contributed by atoms with Gasteiger partial charge in [-0.25, -0.2) is 4.68 Å². The van der Waals surface area contributed by atoms with Crippen molar-refractivity contribution in [2.75, 3.05) is 6.61 Å². The third-order valence-electron chi connectivity index (χ3n) is 7.18. The summed E-state index contributed by atoms with van der Waals surface area (Å²) in [4.78, 5) is 17.4. The second-order valence-corrected chi connectivity index (χ2v) is 17.5. The van der Waals surface area contributed by atoms with Crippen LogP contribution in [0.25, 0.3) is 22.2 Å². The van der Waals surface area contributed by atoms with E-state index in [0.717, 1.165) is 60.5 Å². The van der Waals surface area contributed by atoms with Crippen LogP contribution in [-0.4, -0.2) is 52.1 Å². The first kappa shape index (κ1) is 26.5. The number of benzene rings is 1. The van der Waals surface area contributed by atoms with Crippen LogP contribution in [0.2, 0.25) is 25.7 Å². The van der Waals surface area contributed by atoms with Crippen LogP contribution in [0.4, 0.5) is 0 Å². The van der Waals surface area contributed by atoms with Gasteiger partial charge in [0.05, 0.1) is 16.8 Å². The van der Waals surface area contributed by atoms with Crippen molar-refractivity contribution in [1.82, 2.24) is 20.1 Å². The van der Waals surface area contributed by atoms with Crippen LogP contribution in [0.3, 0.4) is 0 Å². The van der Waals surface area contributed by atoms with Gasteiger partial charge >= 0.3 is 0 Å². The van der Waals surface area contributed by atoms with Crippen LogP contribution in [0, 0.1) is 5.92 Å². The summed E-state index contributed by atoms with van der Waals surface area (Å²) in [5.41, 5.74) is 2.65. The Hall–Kier alpha value is -2.55. The molecule has 3 aromatic rings. The maximum Gasteiger partial charge on any atom is 0.251 e. The standard InChI is InChI=1S/C28H40N4O3Si/c1-28(2,34)22-10-12-23(13-11-22)30-27(33)21-8-6-20(7-9-21)26-24-18-32(31-25(24)14-15-29-26)19-35-16-17-36(3,4)5/h6-9,14-15,18,22-23,34H,10-13,16-17,19H2,1-5H3,(H,30,33). The number of nitrogens with zero attached hydrogens (tertiary/aromatic N) is 3. The first-order chi connectivity index (χ1) is 17.0. The van der Waals surface area contributed by atoms with Crippen molar-refractivity contribution in [3.05, 3.63) is 48.3 Å². The average molecular weight is 509 g/mol. The van der Waals surface area contributed by atoms with E-state index in [0.29, 0.717) is 18.2 Å². The summed E-state index contributed by atoms with van der Waals surface area (Å²) in [6.07, 6.45) is 7.41. The molecular formula is C28H40N4O3Si. The van der Waals surface area contributed by atoms with Crippen molar-refractivity contribution in [2.24, 2.45) is 5.92 Å². The molecule has 7 nitrogen and oxygen atoms in total. The molecule has 194 valence electrons. The minimum absolute atomic E-state index is 0.0530. The summed E-state index contributed by atoms with van der Waals surface area (Å²) in [5, 5.41) is 19.0. The van der Waals surface area contributed by atoms with E-state index in [1.165, 1.54) is 0 Å². The molecule has 1 aliphatic carbocycles. The zero-order valence-corrected chi connectivity index (χ0v) is 23.3. The molecule has 0 spiro atoms. The Morgan fingerprint density at radius 3 is 2.47 bits per heavy atom. The fourth-order valence-electron chi connectivity index (χ4n) is 4.82. The first-order valence-electron chi connectivity index (χ1n) is 13.0. The van der Waals surface area contributed by atoms with Crippen molar-refractivity contribution in [3.8, 4) is 11.3 Å². The Balaban J connectivity index is 1.38. The summed E-state index contributed by atoms with van der Waals surface area (Å²) in [6.45, 7) is 12.0. The van der Waals surface area contributed by atoms with Crippen molar-refractivity contribution in [3.63, 3.8) is 0 Å². The van der Waals surface area contributed by atoms with Gasteiger partial charge in [-0.1, -0.05) is 31.8 Å². The molecule has 2 heterocycles. The van der Waals surface area contributed by atoms with Gasteiger partial charge in [-0.15, -0.1) is 0 Å². The molecule has 8 heteroatoms. The summed E-state index contributed by atoms with van der Waals surface area (Å²) in [7, 11) is -1.12. The van der Waals surface area contributed by atoms with Crippen LogP contribution in [0.5, 0.6) is 0 Å². The highest BCUT2D eigenvalue weighted by Crippen LogP contribution is 2.32. The molecule has 0 atom stereocenters. The van der Waals surface area contributed by atoms with Gasteiger partial charge in [0.1, 0.15) is 6.73 Å². The van der Waals surface area contributed by atoms with Gasteiger partial charge in [0, 0.05) is 49.6 Å². The van der Waals surface area contributed by atoms with Crippen molar-refractivity contribution < 1.29 is 14.6 Å². The first-order valence-corrected chi connectivity index (χ1v) is 16.7. The van der Waals surface area contributed by atoms with Crippen LogP contribution >= 0.6 is 0 Å². The highest BCUT2D eigenvalue weighted by molar-refractivity contribution is 6.76. The van der Waals surface area contributed by atoms with Crippen molar-refractivity contribution in [2.45, 2.75) is 83.6 Å². The number of aliphatic hydroxyl groups is 1. The van der Waals surface area contributed by atoms with E-state index >= 15 is 0 Å². The Morgan fingerprint density at radius 2 is 1.83 bits per heavy atom. The van der Waals surface area contributed by atoms with E-state index in [4.69, 9.17) is 4.74 Å². The van der Waals surface area contributed by atoms with Crippen LogP contribution in [-0.2, 0) is 11.5 Å². The fraction of sp³-hybridized carbons (Fsp3) is 0.536. The van der Waals surface area contributed by atoms with Gasteiger partial charge in [-0.3, -0.25) is 9.78 Å². The minimum Gasteiger partial charge on any atom is -0.390 e.